The second kappa shape index (κ2) is 3.80. The third kappa shape index (κ3) is 2.02. The highest BCUT2D eigenvalue weighted by atomic mass is 35.5. The average molecular weight is 221 g/mol. The summed E-state index contributed by atoms with van der Waals surface area (Å²) >= 11 is 9.45. The van der Waals surface area contributed by atoms with E-state index in [2.05, 4.69) is 17.6 Å². The predicted molar refractivity (Wildman–Crippen MR) is 49.7 cm³/mol. The standard InChI is InChI=1S/C6H5ClN2O3S/c1-12-6-4(13)2-3(9(10)11)5(7)8-6/h2,13H,1H3. The molecule has 0 atom stereocenters. The van der Waals surface area contributed by atoms with Crippen LogP contribution in [0.3, 0.4) is 0 Å². The molecule has 0 amide bonds. The van der Waals surface area contributed by atoms with E-state index in [9.17, 15) is 10.1 Å². The lowest BCUT2D eigenvalue weighted by Gasteiger charge is -2.02. The summed E-state index contributed by atoms with van der Waals surface area (Å²) in [7, 11) is 1.38. The Labute approximate surface area is 84.2 Å². The van der Waals surface area contributed by atoms with Gasteiger partial charge in [0.2, 0.25) is 11.0 Å². The number of nitrogens with zero attached hydrogens (tertiary/aromatic N) is 2. The number of methoxy groups -OCH3 is 1. The molecule has 1 aromatic heterocycles. The fourth-order valence-electron chi connectivity index (χ4n) is 0.733. The quantitative estimate of drug-likeness (QED) is 0.358. The van der Waals surface area contributed by atoms with Crippen LogP contribution in [0.2, 0.25) is 5.15 Å². The van der Waals surface area contributed by atoms with Crippen molar-refractivity contribution in [1.82, 2.24) is 4.98 Å². The van der Waals surface area contributed by atoms with E-state index in [1.54, 1.807) is 0 Å². The van der Waals surface area contributed by atoms with Crippen LogP contribution in [0.4, 0.5) is 5.69 Å². The first-order chi connectivity index (χ1) is 6.06. The van der Waals surface area contributed by atoms with E-state index >= 15 is 0 Å². The Bertz CT molecular complexity index is 358. The van der Waals surface area contributed by atoms with Crippen LogP contribution in [0.1, 0.15) is 0 Å². The van der Waals surface area contributed by atoms with Crippen molar-refractivity contribution in [2.75, 3.05) is 7.11 Å². The number of nitro groups is 1. The number of ether oxygens (including phenoxy) is 1. The molecule has 0 aliphatic rings. The summed E-state index contributed by atoms with van der Waals surface area (Å²) in [5.41, 5.74) is -0.285. The topological polar surface area (TPSA) is 65.3 Å². The number of thiol groups is 1. The van der Waals surface area contributed by atoms with Crippen LogP contribution in [0.25, 0.3) is 0 Å². The minimum atomic E-state index is -0.630. The smallest absolute Gasteiger partial charge is 0.307 e. The van der Waals surface area contributed by atoms with E-state index in [1.165, 1.54) is 13.2 Å². The maximum Gasteiger partial charge on any atom is 0.307 e. The molecule has 0 saturated carbocycles. The Kier molecular flexibility index (Phi) is 2.94. The van der Waals surface area contributed by atoms with Gasteiger partial charge < -0.3 is 4.74 Å². The highest BCUT2D eigenvalue weighted by Crippen LogP contribution is 2.30. The molecule has 0 radical (unpaired) electrons. The van der Waals surface area contributed by atoms with Crippen molar-refractivity contribution >= 4 is 29.9 Å². The largest absolute Gasteiger partial charge is 0.480 e. The second-order valence-electron chi connectivity index (χ2n) is 2.08. The Morgan fingerprint density at radius 3 is 2.85 bits per heavy atom. The third-order valence-electron chi connectivity index (χ3n) is 1.29. The Morgan fingerprint density at radius 2 is 2.38 bits per heavy atom. The zero-order valence-electron chi connectivity index (χ0n) is 6.52. The van der Waals surface area contributed by atoms with E-state index in [1.807, 2.05) is 0 Å². The molecular formula is C6H5ClN2O3S. The van der Waals surface area contributed by atoms with Gasteiger partial charge in [-0.1, -0.05) is 11.6 Å². The van der Waals surface area contributed by atoms with Gasteiger partial charge in [0, 0.05) is 6.07 Å². The van der Waals surface area contributed by atoms with Crippen LogP contribution in [0, 0.1) is 10.1 Å². The molecule has 1 aromatic rings. The van der Waals surface area contributed by atoms with Crippen molar-refractivity contribution in [1.29, 1.82) is 0 Å². The van der Waals surface area contributed by atoms with Crippen molar-refractivity contribution < 1.29 is 9.66 Å². The molecule has 0 aliphatic carbocycles. The number of hydrogen-bond acceptors (Lipinski definition) is 5. The highest BCUT2D eigenvalue weighted by Gasteiger charge is 2.17. The molecule has 70 valence electrons. The molecule has 1 rings (SSSR count). The fraction of sp³-hybridized carbons (Fsp3) is 0.167. The van der Waals surface area contributed by atoms with Gasteiger partial charge in [0.25, 0.3) is 0 Å². The average Bonchev–Trinajstić information content (AvgIpc) is 2.07. The number of hydrogen-bond donors (Lipinski definition) is 1. The molecule has 7 heteroatoms. The molecule has 0 saturated heterocycles. The van der Waals surface area contributed by atoms with Gasteiger partial charge in [0.1, 0.15) is 0 Å². The van der Waals surface area contributed by atoms with Crippen molar-refractivity contribution in [3.63, 3.8) is 0 Å². The summed E-state index contributed by atoms with van der Waals surface area (Å²) in [6, 6.07) is 1.19. The lowest BCUT2D eigenvalue weighted by molar-refractivity contribution is -0.385. The lowest BCUT2D eigenvalue weighted by Crippen LogP contribution is -1.95. The minimum Gasteiger partial charge on any atom is -0.480 e. The molecule has 0 N–H and O–H groups in total. The number of halogens is 1. The van der Waals surface area contributed by atoms with Gasteiger partial charge in [-0.15, -0.1) is 12.6 Å². The van der Waals surface area contributed by atoms with Crippen molar-refractivity contribution in [2.45, 2.75) is 4.90 Å². The van der Waals surface area contributed by atoms with Crippen LogP contribution >= 0.6 is 24.2 Å². The number of rotatable bonds is 2. The summed E-state index contributed by atoms with van der Waals surface area (Å²) < 4.78 is 4.77. The normalized spacial score (nSPS) is 9.77. The first-order valence-electron chi connectivity index (χ1n) is 3.14. The molecule has 0 fully saturated rings. The zero-order valence-corrected chi connectivity index (χ0v) is 8.17. The predicted octanol–water partition coefficient (Wildman–Crippen LogP) is 1.94. The van der Waals surface area contributed by atoms with E-state index in [0.717, 1.165) is 0 Å². The first kappa shape index (κ1) is 10.1. The van der Waals surface area contributed by atoms with Gasteiger partial charge in [0.15, 0.2) is 0 Å². The summed E-state index contributed by atoms with van der Waals surface area (Å²) in [4.78, 5) is 13.7. The molecule has 0 aromatic carbocycles. The van der Waals surface area contributed by atoms with Crippen LogP contribution in [-0.4, -0.2) is 17.0 Å². The molecule has 5 nitrogen and oxygen atoms in total. The van der Waals surface area contributed by atoms with Gasteiger partial charge in [-0.05, 0) is 0 Å². The van der Waals surface area contributed by atoms with Crippen molar-refractivity contribution in [3.8, 4) is 5.88 Å². The molecule has 0 bridgehead atoms. The van der Waals surface area contributed by atoms with Gasteiger partial charge in [-0.25, -0.2) is 0 Å². The van der Waals surface area contributed by atoms with Gasteiger partial charge in [-0.3, -0.25) is 10.1 Å². The van der Waals surface area contributed by atoms with Crippen molar-refractivity contribution in [2.24, 2.45) is 0 Å². The summed E-state index contributed by atoms with van der Waals surface area (Å²) in [6.07, 6.45) is 0. The maximum absolute atomic E-state index is 10.4. The monoisotopic (exact) mass is 220 g/mol. The number of aromatic nitrogens is 1. The Balaban J connectivity index is 3.28. The SMILES string of the molecule is COc1nc(Cl)c([N+](=O)[O-])cc1S. The van der Waals surface area contributed by atoms with Gasteiger partial charge >= 0.3 is 5.69 Å². The molecule has 0 spiro atoms. The van der Waals surface area contributed by atoms with Gasteiger partial charge in [0.05, 0.1) is 16.9 Å². The molecule has 1 heterocycles. The maximum atomic E-state index is 10.4. The van der Waals surface area contributed by atoms with E-state index in [4.69, 9.17) is 16.3 Å². The zero-order chi connectivity index (χ0) is 10.0. The first-order valence-corrected chi connectivity index (χ1v) is 3.96. The molecular weight excluding hydrogens is 216 g/mol. The summed E-state index contributed by atoms with van der Waals surface area (Å²) in [6.45, 7) is 0. The Morgan fingerprint density at radius 1 is 1.77 bits per heavy atom. The van der Waals surface area contributed by atoms with Crippen LogP contribution < -0.4 is 4.74 Å². The van der Waals surface area contributed by atoms with E-state index in [0.29, 0.717) is 0 Å². The van der Waals surface area contributed by atoms with E-state index < -0.39 is 4.92 Å². The highest BCUT2D eigenvalue weighted by molar-refractivity contribution is 7.80. The van der Waals surface area contributed by atoms with Crippen molar-refractivity contribution in [3.05, 3.63) is 21.3 Å². The molecule has 13 heavy (non-hydrogen) atoms. The van der Waals surface area contributed by atoms with Crippen LogP contribution in [0.15, 0.2) is 11.0 Å². The lowest BCUT2D eigenvalue weighted by atomic mass is 10.4. The minimum absolute atomic E-state index is 0.166. The Hall–Kier alpha value is -1.01. The van der Waals surface area contributed by atoms with Crippen LogP contribution in [-0.2, 0) is 0 Å². The van der Waals surface area contributed by atoms with Crippen LogP contribution in [0.5, 0.6) is 5.88 Å². The van der Waals surface area contributed by atoms with E-state index in [-0.39, 0.29) is 21.6 Å². The molecule has 0 unspecified atom stereocenters. The third-order valence-corrected chi connectivity index (χ3v) is 1.89. The fourth-order valence-corrected chi connectivity index (χ4v) is 1.20. The summed E-state index contributed by atoms with van der Waals surface area (Å²) in [5.74, 6) is 0.166. The number of pyridine rings is 1. The summed E-state index contributed by atoms with van der Waals surface area (Å²) in [5, 5.41) is 10.2. The molecule has 0 aliphatic heterocycles. The second-order valence-corrected chi connectivity index (χ2v) is 2.92. The van der Waals surface area contributed by atoms with Gasteiger partial charge in [-0.2, -0.15) is 4.98 Å².